The van der Waals surface area contributed by atoms with Crippen molar-refractivity contribution < 1.29 is 9.47 Å². The van der Waals surface area contributed by atoms with Crippen molar-refractivity contribution in [2.24, 2.45) is 11.8 Å². The predicted octanol–water partition coefficient (Wildman–Crippen LogP) is 4.24. The molecule has 1 N–H and O–H groups in total. The summed E-state index contributed by atoms with van der Waals surface area (Å²) in [4.78, 5) is 0. The van der Waals surface area contributed by atoms with Gasteiger partial charge in [0.1, 0.15) is 5.75 Å². The maximum atomic E-state index is 6.08. The minimum Gasteiger partial charge on any atom is -0.493 e. The van der Waals surface area contributed by atoms with Crippen molar-refractivity contribution in [3.63, 3.8) is 0 Å². The molecule has 3 rings (SSSR count). The van der Waals surface area contributed by atoms with Gasteiger partial charge in [-0.3, -0.25) is 0 Å². The maximum absolute atomic E-state index is 6.08. The Morgan fingerprint density at radius 1 is 1.25 bits per heavy atom. The lowest BCUT2D eigenvalue weighted by Crippen LogP contribution is -2.49. The Bertz CT molecular complexity index is 555. The second-order valence-electron chi connectivity index (χ2n) is 7.20. The quantitative estimate of drug-likeness (QED) is 0.571. The number of rotatable bonds is 8. The fourth-order valence-corrected chi connectivity index (χ4v) is 3.75. The monoisotopic (exact) mass is 329 g/mol. The minimum atomic E-state index is 0.511. The average molecular weight is 329 g/mol. The average Bonchev–Trinajstić information content (AvgIpc) is 2.57. The third-order valence-electron chi connectivity index (χ3n) is 5.19. The fourth-order valence-electron chi connectivity index (χ4n) is 3.75. The van der Waals surface area contributed by atoms with Crippen molar-refractivity contribution >= 4 is 0 Å². The fraction of sp³-hybridized carbons (Fsp3) is 0.619. The molecule has 1 aliphatic heterocycles. The summed E-state index contributed by atoms with van der Waals surface area (Å²) in [6, 6.07) is 7.09. The molecule has 3 unspecified atom stereocenters. The van der Waals surface area contributed by atoms with Crippen molar-refractivity contribution in [2.45, 2.75) is 52.1 Å². The van der Waals surface area contributed by atoms with Crippen LogP contribution < -0.4 is 10.1 Å². The Kier molecular flexibility index (Phi) is 6.33. The predicted molar refractivity (Wildman–Crippen MR) is 98.4 cm³/mol. The van der Waals surface area contributed by atoms with E-state index in [1.807, 2.05) is 0 Å². The zero-order chi connectivity index (χ0) is 16.8. The van der Waals surface area contributed by atoms with Crippen LogP contribution in [0.5, 0.6) is 5.75 Å². The molecule has 1 saturated heterocycles. The lowest BCUT2D eigenvalue weighted by Gasteiger charge is -2.40. The van der Waals surface area contributed by atoms with E-state index in [0.717, 1.165) is 45.0 Å². The number of fused-ring (bicyclic) bond motifs is 2. The van der Waals surface area contributed by atoms with E-state index in [4.69, 9.17) is 9.47 Å². The third kappa shape index (κ3) is 4.40. The second kappa shape index (κ2) is 8.68. The van der Waals surface area contributed by atoms with Gasteiger partial charge in [-0.2, -0.15) is 0 Å². The van der Waals surface area contributed by atoms with Gasteiger partial charge in [0, 0.05) is 30.0 Å². The first-order valence-corrected chi connectivity index (χ1v) is 9.48. The number of ether oxygens (including phenoxy) is 2. The summed E-state index contributed by atoms with van der Waals surface area (Å²) >= 11 is 0. The number of aryl methyl sites for hydroxylation is 1. The summed E-state index contributed by atoms with van der Waals surface area (Å²) in [5.41, 5.74) is 2.53. The standard InChI is InChI=1S/C21H31NO2/c1-3-4-5-11-24-20-12-16(2)9-10-17(20)13-22-21-18-7-6-8-19(21)15-23-14-18/h6-7,9-10,12,18-19,21-22H,3-5,8,11,13-15H2,1-2H3. The molecule has 2 aliphatic rings. The normalized spacial score (nSPS) is 25.7. The van der Waals surface area contributed by atoms with Crippen LogP contribution in [0.25, 0.3) is 0 Å². The first-order valence-electron chi connectivity index (χ1n) is 9.48. The molecule has 3 atom stereocenters. The second-order valence-corrected chi connectivity index (χ2v) is 7.20. The van der Waals surface area contributed by atoms with Gasteiger partial charge < -0.3 is 14.8 Å². The number of hydrogen-bond donors (Lipinski definition) is 1. The highest BCUT2D eigenvalue weighted by Crippen LogP contribution is 2.30. The highest BCUT2D eigenvalue weighted by atomic mass is 16.5. The van der Waals surface area contributed by atoms with Crippen LogP contribution in [-0.2, 0) is 11.3 Å². The number of allylic oxidation sites excluding steroid dienone is 1. The van der Waals surface area contributed by atoms with Gasteiger partial charge in [0.25, 0.3) is 0 Å². The van der Waals surface area contributed by atoms with E-state index >= 15 is 0 Å². The summed E-state index contributed by atoms with van der Waals surface area (Å²) in [6.45, 7) is 7.77. The zero-order valence-corrected chi connectivity index (χ0v) is 15.1. The molecule has 0 amide bonds. The smallest absolute Gasteiger partial charge is 0.124 e. The van der Waals surface area contributed by atoms with Crippen LogP contribution in [-0.4, -0.2) is 25.9 Å². The van der Waals surface area contributed by atoms with Crippen LogP contribution in [0.3, 0.4) is 0 Å². The van der Waals surface area contributed by atoms with Crippen molar-refractivity contribution in [2.75, 3.05) is 19.8 Å². The van der Waals surface area contributed by atoms with Crippen molar-refractivity contribution in [3.8, 4) is 5.75 Å². The summed E-state index contributed by atoms with van der Waals surface area (Å²) in [6.07, 6.45) is 9.37. The van der Waals surface area contributed by atoms with Gasteiger partial charge in [0.15, 0.2) is 0 Å². The van der Waals surface area contributed by atoms with Gasteiger partial charge >= 0.3 is 0 Å². The van der Waals surface area contributed by atoms with Crippen molar-refractivity contribution in [1.29, 1.82) is 0 Å². The molecule has 1 fully saturated rings. The molecule has 0 saturated carbocycles. The van der Waals surface area contributed by atoms with Crippen LogP contribution in [0, 0.1) is 18.8 Å². The molecule has 0 radical (unpaired) electrons. The SMILES string of the molecule is CCCCCOc1cc(C)ccc1CNC1C2C=CCC1COC2. The number of hydrogen-bond acceptors (Lipinski definition) is 3. The van der Waals surface area contributed by atoms with E-state index in [0.29, 0.717) is 17.9 Å². The van der Waals surface area contributed by atoms with Crippen LogP contribution in [0.2, 0.25) is 0 Å². The summed E-state index contributed by atoms with van der Waals surface area (Å²) in [5, 5.41) is 3.79. The first kappa shape index (κ1) is 17.5. The van der Waals surface area contributed by atoms with Crippen molar-refractivity contribution in [3.05, 3.63) is 41.5 Å². The summed E-state index contributed by atoms with van der Waals surface area (Å²) in [7, 11) is 0. The van der Waals surface area contributed by atoms with E-state index in [2.05, 4.69) is 49.5 Å². The Labute approximate surface area is 146 Å². The molecule has 24 heavy (non-hydrogen) atoms. The molecular weight excluding hydrogens is 298 g/mol. The molecule has 1 aliphatic carbocycles. The Hall–Kier alpha value is -1.32. The molecule has 1 aromatic rings. The van der Waals surface area contributed by atoms with Gasteiger partial charge in [-0.05, 0) is 31.4 Å². The highest BCUT2D eigenvalue weighted by molar-refractivity contribution is 5.37. The van der Waals surface area contributed by atoms with E-state index < -0.39 is 0 Å². The van der Waals surface area contributed by atoms with E-state index in [1.165, 1.54) is 24.0 Å². The zero-order valence-electron chi connectivity index (χ0n) is 15.1. The van der Waals surface area contributed by atoms with Crippen molar-refractivity contribution in [1.82, 2.24) is 5.32 Å². The maximum Gasteiger partial charge on any atom is 0.124 e. The molecule has 1 heterocycles. The number of unbranched alkanes of at least 4 members (excludes halogenated alkanes) is 2. The number of nitrogens with one attached hydrogen (secondary N) is 1. The molecule has 0 aromatic heterocycles. The minimum absolute atomic E-state index is 0.511. The largest absolute Gasteiger partial charge is 0.493 e. The lowest BCUT2D eigenvalue weighted by atomic mass is 9.80. The van der Waals surface area contributed by atoms with Crippen LogP contribution in [0.15, 0.2) is 30.4 Å². The van der Waals surface area contributed by atoms with E-state index in [9.17, 15) is 0 Å². The topological polar surface area (TPSA) is 30.5 Å². The van der Waals surface area contributed by atoms with Gasteiger partial charge in [0.05, 0.1) is 19.8 Å². The summed E-state index contributed by atoms with van der Waals surface area (Å²) in [5.74, 6) is 2.16. The Morgan fingerprint density at radius 2 is 2.17 bits per heavy atom. The molecule has 3 nitrogen and oxygen atoms in total. The first-order chi connectivity index (χ1) is 11.8. The molecule has 1 aromatic carbocycles. The van der Waals surface area contributed by atoms with Crippen LogP contribution in [0.1, 0.15) is 43.7 Å². The summed E-state index contributed by atoms with van der Waals surface area (Å²) < 4.78 is 11.8. The molecule has 3 heteroatoms. The van der Waals surface area contributed by atoms with Crippen LogP contribution >= 0.6 is 0 Å². The van der Waals surface area contributed by atoms with Gasteiger partial charge in [-0.1, -0.05) is 44.1 Å². The molecular formula is C21H31NO2. The third-order valence-corrected chi connectivity index (χ3v) is 5.19. The molecule has 132 valence electrons. The van der Waals surface area contributed by atoms with Gasteiger partial charge in [0.2, 0.25) is 0 Å². The van der Waals surface area contributed by atoms with Gasteiger partial charge in [-0.15, -0.1) is 0 Å². The van der Waals surface area contributed by atoms with Gasteiger partial charge in [-0.25, -0.2) is 0 Å². The highest BCUT2D eigenvalue weighted by Gasteiger charge is 2.34. The van der Waals surface area contributed by atoms with Crippen LogP contribution in [0.4, 0.5) is 0 Å². The van der Waals surface area contributed by atoms with E-state index in [1.54, 1.807) is 0 Å². The Morgan fingerprint density at radius 3 is 3.00 bits per heavy atom. The Balaban J connectivity index is 1.61. The number of benzene rings is 1. The molecule has 2 bridgehead atoms. The van der Waals surface area contributed by atoms with E-state index in [-0.39, 0.29) is 0 Å². The molecule has 0 spiro atoms. The lowest BCUT2D eigenvalue weighted by molar-refractivity contribution is 0.000132.